The van der Waals surface area contributed by atoms with E-state index < -0.39 is 24.1 Å². The summed E-state index contributed by atoms with van der Waals surface area (Å²) in [4.78, 5) is 36.1. The predicted molar refractivity (Wildman–Crippen MR) is 94.7 cm³/mol. The Balaban J connectivity index is 1.45. The molecule has 0 saturated carbocycles. The quantitative estimate of drug-likeness (QED) is 0.330. The summed E-state index contributed by atoms with van der Waals surface area (Å²) in [5.41, 5.74) is 0.975. The molecule has 2 N–H and O–H groups in total. The van der Waals surface area contributed by atoms with Crippen molar-refractivity contribution in [2.24, 2.45) is 0 Å². The SMILES string of the molecule is O=C(C(=O)C(O)On1ncc2ccccc21)C(O)On1ncc2ccccc21. The minimum absolute atomic E-state index is 0.488. The van der Waals surface area contributed by atoms with Crippen LogP contribution in [0.3, 0.4) is 0 Å². The van der Waals surface area contributed by atoms with Crippen LogP contribution in [0.2, 0.25) is 0 Å². The van der Waals surface area contributed by atoms with Crippen LogP contribution in [0, 0.1) is 0 Å². The monoisotopic (exact) mass is 382 g/mol. The molecule has 0 fully saturated rings. The van der Waals surface area contributed by atoms with Gasteiger partial charge in [-0.05, 0) is 12.1 Å². The van der Waals surface area contributed by atoms with Gasteiger partial charge < -0.3 is 19.9 Å². The first-order valence-electron chi connectivity index (χ1n) is 8.18. The maximum atomic E-state index is 12.1. The summed E-state index contributed by atoms with van der Waals surface area (Å²) in [5.74, 6) is -2.80. The summed E-state index contributed by atoms with van der Waals surface area (Å²) < 4.78 is 0. The van der Waals surface area contributed by atoms with Gasteiger partial charge in [-0.15, -0.1) is 10.2 Å². The first-order valence-corrected chi connectivity index (χ1v) is 8.18. The summed E-state index contributed by atoms with van der Waals surface area (Å²) in [7, 11) is 0. The van der Waals surface area contributed by atoms with E-state index in [-0.39, 0.29) is 0 Å². The lowest BCUT2D eigenvalue weighted by Crippen LogP contribution is -2.45. The van der Waals surface area contributed by atoms with E-state index in [0.717, 1.165) is 9.69 Å². The molecule has 0 aliphatic heterocycles. The first-order chi connectivity index (χ1) is 13.5. The Labute approximate surface area is 157 Å². The van der Waals surface area contributed by atoms with Crippen LogP contribution >= 0.6 is 0 Å². The topological polar surface area (TPSA) is 129 Å². The van der Waals surface area contributed by atoms with Gasteiger partial charge in [-0.3, -0.25) is 9.59 Å². The molecule has 28 heavy (non-hydrogen) atoms. The number of carbonyl (C=O) groups excluding carboxylic acids is 2. The summed E-state index contributed by atoms with van der Waals surface area (Å²) in [6.07, 6.45) is -1.42. The second-order valence-electron chi connectivity index (χ2n) is 5.80. The Hall–Kier alpha value is -3.76. The van der Waals surface area contributed by atoms with Crippen LogP contribution < -0.4 is 9.68 Å². The van der Waals surface area contributed by atoms with E-state index >= 15 is 0 Å². The fraction of sp³-hybridized carbons (Fsp3) is 0.111. The van der Waals surface area contributed by atoms with Gasteiger partial charge in [0.1, 0.15) is 11.0 Å². The molecule has 0 bridgehead atoms. The van der Waals surface area contributed by atoms with Crippen molar-refractivity contribution in [3.05, 3.63) is 60.9 Å². The number of benzene rings is 2. The third kappa shape index (κ3) is 3.17. The highest BCUT2D eigenvalue weighted by Gasteiger charge is 2.33. The third-order valence-corrected chi connectivity index (χ3v) is 3.98. The molecule has 2 unspecified atom stereocenters. The van der Waals surface area contributed by atoms with Crippen LogP contribution in [0.15, 0.2) is 60.9 Å². The summed E-state index contributed by atoms with van der Waals surface area (Å²) >= 11 is 0. The van der Waals surface area contributed by atoms with Crippen molar-refractivity contribution in [2.75, 3.05) is 0 Å². The number of fused-ring (bicyclic) bond motifs is 2. The molecule has 10 heteroatoms. The van der Waals surface area contributed by atoms with Crippen LogP contribution in [-0.4, -0.2) is 54.2 Å². The summed E-state index contributed by atoms with van der Waals surface area (Å²) in [6, 6.07) is 13.8. The molecule has 0 aliphatic rings. The molecule has 2 atom stereocenters. The van der Waals surface area contributed by atoms with Crippen LogP contribution in [0.25, 0.3) is 21.8 Å². The number of para-hydroxylation sites is 2. The maximum absolute atomic E-state index is 12.1. The molecule has 0 amide bonds. The molecule has 2 aromatic heterocycles. The highest BCUT2D eigenvalue weighted by molar-refractivity contribution is 6.39. The van der Waals surface area contributed by atoms with Crippen molar-refractivity contribution in [1.82, 2.24) is 19.9 Å². The van der Waals surface area contributed by atoms with Crippen molar-refractivity contribution in [3.8, 4) is 0 Å². The van der Waals surface area contributed by atoms with Gasteiger partial charge >= 0.3 is 0 Å². The van der Waals surface area contributed by atoms with Gasteiger partial charge in [-0.2, -0.15) is 0 Å². The van der Waals surface area contributed by atoms with Crippen molar-refractivity contribution in [1.29, 1.82) is 0 Å². The van der Waals surface area contributed by atoms with Gasteiger partial charge in [-0.25, -0.2) is 0 Å². The van der Waals surface area contributed by atoms with E-state index in [4.69, 9.17) is 9.68 Å². The van der Waals surface area contributed by atoms with E-state index in [0.29, 0.717) is 21.8 Å². The highest BCUT2D eigenvalue weighted by Crippen LogP contribution is 2.13. The lowest BCUT2D eigenvalue weighted by molar-refractivity contribution is -0.179. The molecular weight excluding hydrogens is 368 g/mol. The van der Waals surface area contributed by atoms with Crippen molar-refractivity contribution >= 4 is 33.4 Å². The summed E-state index contributed by atoms with van der Waals surface area (Å²) in [5, 5.41) is 29.0. The smallest absolute Gasteiger partial charge is 0.291 e. The molecule has 2 heterocycles. The Bertz CT molecular complexity index is 1080. The van der Waals surface area contributed by atoms with Crippen LogP contribution in [0.5, 0.6) is 0 Å². The van der Waals surface area contributed by atoms with Crippen molar-refractivity contribution < 1.29 is 29.5 Å². The second kappa shape index (κ2) is 7.10. The normalized spacial score (nSPS) is 13.4. The maximum Gasteiger partial charge on any atom is 0.291 e. The average molecular weight is 382 g/mol. The summed E-state index contributed by atoms with van der Waals surface area (Å²) in [6.45, 7) is 0. The minimum atomic E-state index is -2.18. The molecule has 0 radical (unpaired) electrons. The Morgan fingerprint density at radius 1 is 0.750 bits per heavy atom. The molecule has 4 aromatic rings. The molecule has 142 valence electrons. The van der Waals surface area contributed by atoms with Crippen LogP contribution in [0.4, 0.5) is 0 Å². The van der Waals surface area contributed by atoms with Crippen LogP contribution in [-0.2, 0) is 9.59 Å². The van der Waals surface area contributed by atoms with Gasteiger partial charge in [-0.1, -0.05) is 46.1 Å². The largest absolute Gasteiger partial charge is 0.355 e. The number of aliphatic hydroxyl groups is 2. The number of aliphatic hydroxyl groups excluding tert-OH is 2. The fourth-order valence-corrected chi connectivity index (χ4v) is 2.59. The number of aromatic nitrogens is 4. The standard InChI is InChI=1S/C18H14N4O6/c23-15(17(25)27-21-13-7-3-1-5-11(13)9-19-21)16(24)18(26)28-22-14-8-4-2-6-12(14)10-20-22/h1-10,17-18,25-26H. The minimum Gasteiger partial charge on any atom is -0.355 e. The lowest BCUT2D eigenvalue weighted by atomic mass is 10.2. The zero-order valence-corrected chi connectivity index (χ0v) is 14.2. The average Bonchev–Trinajstić information content (AvgIpc) is 3.31. The molecular formula is C18H14N4O6. The molecule has 2 aromatic carbocycles. The molecule has 0 aliphatic carbocycles. The van der Waals surface area contributed by atoms with Gasteiger partial charge in [0.15, 0.2) is 0 Å². The first kappa shape index (κ1) is 17.6. The number of ketones is 2. The number of carbonyl (C=O) groups is 2. The number of hydrogen-bond acceptors (Lipinski definition) is 8. The number of hydrogen-bond donors (Lipinski definition) is 2. The lowest BCUT2D eigenvalue weighted by Gasteiger charge is -2.14. The number of Topliss-reactive ketones (excluding diaryl/α,β-unsaturated/α-hetero) is 2. The Morgan fingerprint density at radius 2 is 1.14 bits per heavy atom. The highest BCUT2D eigenvalue weighted by atomic mass is 16.8. The predicted octanol–water partition coefficient (Wildman–Crippen LogP) is -0.282. The van der Waals surface area contributed by atoms with E-state index in [2.05, 4.69) is 10.2 Å². The molecule has 4 rings (SSSR count). The zero-order valence-electron chi connectivity index (χ0n) is 14.2. The molecule has 10 nitrogen and oxygen atoms in total. The zero-order chi connectivity index (χ0) is 19.7. The fourth-order valence-electron chi connectivity index (χ4n) is 2.59. The van der Waals surface area contributed by atoms with E-state index in [1.807, 2.05) is 0 Å². The Morgan fingerprint density at radius 3 is 1.57 bits per heavy atom. The third-order valence-electron chi connectivity index (χ3n) is 3.98. The molecule has 0 spiro atoms. The van der Waals surface area contributed by atoms with Gasteiger partial charge in [0, 0.05) is 10.8 Å². The number of nitrogens with zero attached hydrogens (tertiary/aromatic N) is 4. The van der Waals surface area contributed by atoms with Gasteiger partial charge in [0.25, 0.3) is 24.1 Å². The van der Waals surface area contributed by atoms with Crippen LogP contribution in [0.1, 0.15) is 0 Å². The van der Waals surface area contributed by atoms with Crippen molar-refractivity contribution in [3.63, 3.8) is 0 Å². The van der Waals surface area contributed by atoms with Gasteiger partial charge in [0.2, 0.25) is 0 Å². The Kier molecular flexibility index (Phi) is 4.47. The van der Waals surface area contributed by atoms with E-state index in [1.165, 1.54) is 12.4 Å². The molecule has 0 saturated heterocycles. The van der Waals surface area contributed by atoms with Crippen molar-refractivity contribution in [2.45, 2.75) is 12.6 Å². The van der Waals surface area contributed by atoms with E-state index in [1.54, 1.807) is 48.5 Å². The van der Waals surface area contributed by atoms with E-state index in [9.17, 15) is 19.8 Å². The number of rotatable bonds is 7. The second-order valence-corrected chi connectivity index (χ2v) is 5.80. The van der Waals surface area contributed by atoms with Gasteiger partial charge in [0.05, 0.1) is 12.4 Å².